The maximum absolute atomic E-state index is 12.4. The van der Waals surface area contributed by atoms with Crippen molar-refractivity contribution in [1.29, 1.82) is 0 Å². The summed E-state index contributed by atoms with van der Waals surface area (Å²) >= 11 is 5.94. The van der Waals surface area contributed by atoms with Gasteiger partial charge in [0.25, 0.3) is 5.91 Å². The van der Waals surface area contributed by atoms with E-state index in [1.807, 2.05) is 0 Å². The second-order valence-electron chi connectivity index (χ2n) is 5.28. The van der Waals surface area contributed by atoms with Gasteiger partial charge in [-0.3, -0.25) is 9.59 Å². The molecule has 0 aliphatic carbocycles. The summed E-state index contributed by atoms with van der Waals surface area (Å²) < 4.78 is 10.2. The number of amides is 2. The van der Waals surface area contributed by atoms with Crippen molar-refractivity contribution in [3.63, 3.8) is 0 Å². The van der Waals surface area contributed by atoms with E-state index in [4.69, 9.17) is 21.1 Å². The van der Waals surface area contributed by atoms with Crippen LogP contribution in [0.4, 0.5) is 5.69 Å². The highest BCUT2D eigenvalue weighted by Gasteiger charge is 2.16. The predicted molar refractivity (Wildman–Crippen MR) is 96.6 cm³/mol. The number of methoxy groups -OCH3 is 2. The SMILES string of the molecule is COc1ccc(C(=O)N(C)CC(=O)Nc2cc(Cl)ccc2OC)cc1. The Kier molecular flexibility index (Phi) is 6.25. The second kappa shape index (κ2) is 8.39. The minimum Gasteiger partial charge on any atom is -0.497 e. The maximum atomic E-state index is 12.4. The molecule has 0 aromatic heterocycles. The van der Waals surface area contributed by atoms with Gasteiger partial charge in [0.15, 0.2) is 0 Å². The molecule has 7 heteroatoms. The molecule has 0 heterocycles. The van der Waals surface area contributed by atoms with Crippen LogP contribution in [0.2, 0.25) is 5.02 Å². The lowest BCUT2D eigenvalue weighted by molar-refractivity contribution is -0.116. The Morgan fingerprint density at radius 2 is 1.76 bits per heavy atom. The number of nitrogens with one attached hydrogen (secondary N) is 1. The number of halogens is 1. The highest BCUT2D eigenvalue weighted by Crippen LogP contribution is 2.27. The number of ether oxygens (including phenoxy) is 2. The van der Waals surface area contributed by atoms with Gasteiger partial charge in [0.05, 0.1) is 26.5 Å². The minimum absolute atomic E-state index is 0.111. The first-order valence-electron chi connectivity index (χ1n) is 7.47. The summed E-state index contributed by atoms with van der Waals surface area (Å²) in [5.41, 5.74) is 0.918. The average molecular weight is 363 g/mol. The number of nitrogens with zero attached hydrogens (tertiary/aromatic N) is 1. The molecular weight excluding hydrogens is 344 g/mol. The van der Waals surface area contributed by atoms with E-state index in [0.717, 1.165) is 0 Å². The Morgan fingerprint density at radius 3 is 2.36 bits per heavy atom. The van der Waals surface area contributed by atoms with Gasteiger partial charge in [-0.15, -0.1) is 0 Å². The smallest absolute Gasteiger partial charge is 0.254 e. The second-order valence-corrected chi connectivity index (χ2v) is 5.72. The molecule has 2 rings (SSSR count). The summed E-state index contributed by atoms with van der Waals surface area (Å²) in [6.07, 6.45) is 0. The van der Waals surface area contributed by atoms with Gasteiger partial charge < -0.3 is 19.7 Å². The molecule has 0 aliphatic heterocycles. The van der Waals surface area contributed by atoms with E-state index in [2.05, 4.69) is 5.32 Å². The van der Waals surface area contributed by atoms with Gasteiger partial charge in [-0.1, -0.05) is 11.6 Å². The topological polar surface area (TPSA) is 67.9 Å². The van der Waals surface area contributed by atoms with Gasteiger partial charge >= 0.3 is 0 Å². The Morgan fingerprint density at radius 1 is 1.08 bits per heavy atom. The Hall–Kier alpha value is -2.73. The largest absolute Gasteiger partial charge is 0.497 e. The fourth-order valence-corrected chi connectivity index (χ4v) is 2.38. The summed E-state index contributed by atoms with van der Waals surface area (Å²) in [5.74, 6) is 0.521. The number of anilines is 1. The van der Waals surface area contributed by atoms with Crippen LogP contribution in [0.15, 0.2) is 42.5 Å². The Balaban J connectivity index is 2.01. The molecule has 2 amide bonds. The summed E-state index contributed by atoms with van der Waals surface area (Å²) in [6, 6.07) is 11.6. The Bertz CT molecular complexity index is 762. The standard InChI is InChI=1S/C18H19ClN2O4/c1-21(18(23)12-4-7-14(24-2)8-5-12)11-17(22)20-15-10-13(19)6-9-16(15)25-3/h4-10H,11H2,1-3H3,(H,20,22). The van der Waals surface area contributed by atoms with Crippen molar-refractivity contribution < 1.29 is 19.1 Å². The summed E-state index contributed by atoms with van der Waals surface area (Å²) in [4.78, 5) is 25.9. The first-order chi connectivity index (χ1) is 11.9. The molecule has 0 atom stereocenters. The van der Waals surface area contributed by atoms with Crippen LogP contribution in [0.3, 0.4) is 0 Å². The van der Waals surface area contributed by atoms with E-state index in [1.165, 1.54) is 12.0 Å². The van der Waals surface area contributed by atoms with Crippen molar-refractivity contribution in [2.45, 2.75) is 0 Å². The van der Waals surface area contributed by atoms with E-state index >= 15 is 0 Å². The number of benzene rings is 2. The van der Waals surface area contributed by atoms with Crippen LogP contribution < -0.4 is 14.8 Å². The van der Waals surface area contributed by atoms with E-state index < -0.39 is 0 Å². The van der Waals surface area contributed by atoms with Crippen LogP contribution >= 0.6 is 11.6 Å². The molecule has 2 aromatic carbocycles. The number of rotatable bonds is 6. The molecule has 0 saturated carbocycles. The lowest BCUT2D eigenvalue weighted by Gasteiger charge is -2.18. The van der Waals surface area contributed by atoms with Gasteiger partial charge in [0, 0.05) is 17.6 Å². The van der Waals surface area contributed by atoms with Crippen molar-refractivity contribution in [3.8, 4) is 11.5 Å². The van der Waals surface area contributed by atoms with Crippen LogP contribution in [-0.2, 0) is 4.79 Å². The molecule has 25 heavy (non-hydrogen) atoms. The number of carbonyl (C=O) groups is 2. The molecule has 0 bridgehead atoms. The molecular formula is C18H19ClN2O4. The Labute approximate surface area is 151 Å². The normalized spacial score (nSPS) is 10.1. The zero-order chi connectivity index (χ0) is 18.4. The summed E-state index contributed by atoms with van der Waals surface area (Å²) in [7, 11) is 4.61. The van der Waals surface area contributed by atoms with Gasteiger partial charge in [-0.2, -0.15) is 0 Å². The van der Waals surface area contributed by atoms with Crippen molar-refractivity contribution in [2.75, 3.05) is 33.1 Å². The molecule has 0 saturated heterocycles. The van der Waals surface area contributed by atoms with Crippen LogP contribution in [0, 0.1) is 0 Å². The molecule has 132 valence electrons. The fourth-order valence-electron chi connectivity index (χ4n) is 2.21. The van der Waals surface area contributed by atoms with Crippen molar-refractivity contribution in [3.05, 3.63) is 53.1 Å². The lowest BCUT2D eigenvalue weighted by Crippen LogP contribution is -2.35. The highest BCUT2D eigenvalue weighted by molar-refractivity contribution is 6.31. The van der Waals surface area contributed by atoms with E-state index in [9.17, 15) is 9.59 Å². The molecule has 0 spiro atoms. The quantitative estimate of drug-likeness (QED) is 0.857. The molecule has 6 nitrogen and oxygen atoms in total. The number of carbonyl (C=O) groups excluding carboxylic acids is 2. The summed E-state index contributed by atoms with van der Waals surface area (Å²) in [5, 5.41) is 3.17. The van der Waals surface area contributed by atoms with E-state index in [-0.39, 0.29) is 18.4 Å². The third-order valence-electron chi connectivity index (χ3n) is 3.50. The zero-order valence-electron chi connectivity index (χ0n) is 14.2. The predicted octanol–water partition coefficient (Wildman–Crippen LogP) is 3.07. The van der Waals surface area contributed by atoms with E-state index in [0.29, 0.717) is 27.8 Å². The molecule has 2 aromatic rings. The van der Waals surface area contributed by atoms with Crippen molar-refractivity contribution >= 4 is 29.1 Å². The maximum Gasteiger partial charge on any atom is 0.254 e. The molecule has 0 unspecified atom stereocenters. The number of hydrogen-bond acceptors (Lipinski definition) is 4. The van der Waals surface area contributed by atoms with Gasteiger partial charge in [-0.05, 0) is 42.5 Å². The number of hydrogen-bond donors (Lipinski definition) is 1. The van der Waals surface area contributed by atoms with Crippen LogP contribution in [0.1, 0.15) is 10.4 Å². The van der Waals surface area contributed by atoms with Gasteiger partial charge in [0.1, 0.15) is 11.5 Å². The van der Waals surface area contributed by atoms with Gasteiger partial charge in [0.2, 0.25) is 5.91 Å². The van der Waals surface area contributed by atoms with Crippen LogP contribution in [0.5, 0.6) is 11.5 Å². The van der Waals surface area contributed by atoms with Crippen molar-refractivity contribution in [2.24, 2.45) is 0 Å². The third kappa shape index (κ3) is 4.87. The molecule has 0 aliphatic rings. The zero-order valence-corrected chi connectivity index (χ0v) is 15.0. The average Bonchev–Trinajstić information content (AvgIpc) is 2.61. The molecule has 0 fully saturated rings. The van der Waals surface area contributed by atoms with Crippen LogP contribution in [0.25, 0.3) is 0 Å². The van der Waals surface area contributed by atoms with E-state index in [1.54, 1.807) is 56.6 Å². The monoisotopic (exact) mass is 362 g/mol. The van der Waals surface area contributed by atoms with Crippen LogP contribution in [-0.4, -0.2) is 44.5 Å². The first-order valence-corrected chi connectivity index (χ1v) is 7.85. The summed E-state index contributed by atoms with van der Waals surface area (Å²) in [6.45, 7) is -0.111. The highest BCUT2D eigenvalue weighted by atomic mass is 35.5. The van der Waals surface area contributed by atoms with Gasteiger partial charge in [-0.25, -0.2) is 0 Å². The van der Waals surface area contributed by atoms with Crippen molar-refractivity contribution in [1.82, 2.24) is 4.90 Å². The molecule has 0 radical (unpaired) electrons. The minimum atomic E-state index is -0.357. The number of likely N-dealkylation sites (N-methyl/N-ethyl adjacent to an activating group) is 1. The third-order valence-corrected chi connectivity index (χ3v) is 3.74. The molecule has 1 N–H and O–H groups in total. The first kappa shape index (κ1) is 18.6. The lowest BCUT2D eigenvalue weighted by atomic mass is 10.2. The fraction of sp³-hybridized carbons (Fsp3) is 0.222.